The summed E-state index contributed by atoms with van der Waals surface area (Å²) in [5, 5.41) is 0. The van der Waals surface area contributed by atoms with Crippen molar-refractivity contribution in [2.75, 3.05) is 0 Å². The van der Waals surface area contributed by atoms with Gasteiger partial charge >= 0.3 is 21.4 Å². The van der Waals surface area contributed by atoms with Crippen LogP contribution in [-0.4, -0.2) is 55.0 Å². The maximum atomic E-state index is 6.99. The van der Waals surface area contributed by atoms with E-state index in [2.05, 4.69) is 130 Å². The lowest BCUT2D eigenvalue weighted by Gasteiger charge is -2.45. The van der Waals surface area contributed by atoms with Crippen LogP contribution in [0.2, 0.25) is 0 Å². The van der Waals surface area contributed by atoms with Crippen LogP contribution in [0.1, 0.15) is 92.2 Å². The molecule has 3 aromatic rings. The van der Waals surface area contributed by atoms with Gasteiger partial charge in [0.1, 0.15) is 0 Å². The number of rotatable bonds is 9. The highest BCUT2D eigenvalue weighted by Gasteiger charge is 2.62. The van der Waals surface area contributed by atoms with E-state index in [0.29, 0.717) is 0 Å². The Morgan fingerprint density at radius 3 is 1.32 bits per heavy atom. The largest absolute Gasteiger partial charge is 0.494 e. The van der Waals surface area contributed by atoms with Crippen molar-refractivity contribution in [3.05, 3.63) is 90.0 Å². The van der Waals surface area contributed by atoms with Crippen molar-refractivity contribution in [2.45, 2.75) is 129 Å². The van der Waals surface area contributed by atoms with E-state index < -0.39 is 55.0 Å². The van der Waals surface area contributed by atoms with Crippen LogP contribution in [0.5, 0.6) is 0 Å². The maximum absolute atomic E-state index is 6.99. The van der Waals surface area contributed by atoms with Gasteiger partial charge in [-0.05, 0) is 111 Å². The SMILES string of the molecule is Cc1ccc(B2OC(C)(CCC3(C)OB(c4ccccc4)OC3(C)C)C(C)(CCC3(C)OB(c4cccc(C)c4)OC3(C)C)O2)cc1. The first-order valence-electron chi connectivity index (χ1n) is 17.2. The summed E-state index contributed by atoms with van der Waals surface area (Å²) in [6.07, 6.45) is 2.91. The van der Waals surface area contributed by atoms with Gasteiger partial charge in [0.15, 0.2) is 0 Å². The van der Waals surface area contributed by atoms with Gasteiger partial charge in [-0.15, -0.1) is 0 Å². The molecule has 3 heterocycles. The summed E-state index contributed by atoms with van der Waals surface area (Å²) in [5.41, 5.74) is 2.14. The average Bonchev–Trinajstić information content (AvgIpc) is 3.54. The van der Waals surface area contributed by atoms with Gasteiger partial charge in [0.25, 0.3) is 0 Å². The highest BCUT2D eigenvalue weighted by molar-refractivity contribution is 6.63. The van der Waals surface area contributed by atoms with Gasteiger partial charge < -0.3 is 27.9 Å². The predicted molar refractivity (Wildman–Crippen MR) is 192 cm³/mol. The summed E-state index contributed by atoms with van der Waals surface area (Å²) in [4.78, 5) is 0. The Labute approximate surface area is 283 Å². The lowest BCUT2D eigenvalue weighted by Crippen LogP contribution is -2.53. The molecular formula is C38H51B3O6. The topological polar surface area (TPSA) is 55.4 Å². The third kappa shape index (κ3) is 6.40. The lowest BCUT2D eigenvalue weighted by molar-refractivity contribution is -0.0816. The monoisotopic (exact) mass is 636 g/mol. The summed E-state index contributed by atoms with van der Waals surface area (Å²) in [6.45, 7) is 21.5. The summed E-state index contributed by atoms with van der Waals surface area (Å²) in [7, 11) is -1.32. The third-order valence-corrected chi connectivity index (χ3v) is 11.8. The Morgan fingerprint density at radius 2 is 0.809 bits per heavy atom. The van der Waals surface area contributed by atoms with Gasteiger partial charge in [-0.25, -0.2) is 0 Å². The number of hydrogen-bond acceptors (Lipinski definition) is 6. The Bertz CT molecular complexity index is 1570. The molecule has 47 heavy (non-hydrogen) atoms. The second-order valence-corrected chi connectivity index (χ2v) is 15.9. The fourth-order valence-electron chi connectivity index (χ4n) is 7.21. The third-order valence-electron chi connectivity index (χ3n) is 11.8. The Balaban J connectivity index is 1.24. The van der Waals surface area contributed by atoms with Crippen molar-refractivity contribution in [1.29, 1.82) is 0 Å². The van der Waals surface area contributed by atoms with Crippen molar-refractivity contribution in [3.63, 3.8) is 0 Å². The van der Waals surface area contributed by atoms with Crippen LogP contribution in [0.15, 0.2) is 78.9 Å². The molecule has 4 atom stereocenters. The van der Waals surface area contributed by atoms with Crippen LogP contribution in [0.3, 0.4) is 0 Å². The molecule has 3 fully saturated rings. The highest BCUT2D eigenvalue weighted by Crippen LogP contribution is 2.50. The van der Waals surface area contributed by atoms with E-state index in [1.165, 1.54) is 11.1 Å². The van der Waals surface area contributed by atoms with E-state index in [1.54, 1.807) is 0 Å². The van der Waals surface area contributed by atoms with Crippen LogP contribution >= 0.6 is 0 Å². The van der Waals surface area contributed by atoms with Crippen molar-refractivity contribution in [1.82, 2.24) is 0 Å². The molecule has 3 saturated heterocycles. The van der Waals surface area contributed by atoms with Crippen LogP contribution < -0.4 is 16.4 Å². The van der Waals surface area contributed by atoms with E-state index in [1.807, 2.05) is 18.2 Å². The average molecular weight is 636 g/mol. The number of hydrogen-bond donors (Lipinski definition) is 0. The zero-order valence-electron chi connectivity index (χ0n) is 30.0. The van der Waals surface area contributed by atoms with E-state index in [0.717, 1.165) is 42.1 Å². The van der Waals surface area contributed by atoms with Gasteiger partial charge in [-0.2, -0.15) is 0 Å². The van der Waals surface area contributed by atoms with Gasteiger partial charge in [0.05, 0.1) is 33.6 Å². The van der Waals surface area contributed by atoms with E-state index in [4.69, 9.17) is 27.9 Å². The van der Waals surface area contributed by atoms with Crippen molar-refractivity contribution in [2.24, 2.45) is 0 Å². The molecule has 6 rings (SSSR count). The molecule has 0 aliphatic carbocycles. The molecule has 248 valence electrons. The van der Waals surface area contributed by atoms with Gasteiger partial charge in [-0.1, -0.05) is 90.0 Å². The molecule has 0 radical (unpaired) electrons. The minimum Gasteiger partial charge on any atom is -0.399 e. The van der Waals surface area contributed by atoms with Crippen LogP contribution in [0.4, 0.5) is 0 Å². The zero-order chi connectivity index (χ0) is 33.9. The molecule has 9 heteroatoms. The molecule has 0 spiro atoms. The lowest BCUT2D eigenvalue weighted by atomic mass is 9.72. The summed E-state index contributed by atoms with van der Waals surface area (Å²) < 4.78 is 40.6. The molecule has 0 N–H and O–H groups in total. The minimum atomic E-state index is -0.620. The molecule has 0 aromatic heterocycles. The molecule has 4 unspecified atom stereocenters. The van der Waals surface area contributed by atoms with E-state index in [9.17, 15) is 0 Å². The summed E-state index contributed by atoms with van der Waals surface area (Å²) in [6, 6.07) is 27.0. The molecular weight excluding hydrogens is 585 g/mol. The normalized spacial score (nSPS) is 31.6. The number of benzene rings is 3. The second kappa shape index (κ2) is 12.2. The van der Waals surface area contributed by atoms with Gasteiger partial charge in [-0.3, -0.25) is 0 Å². The van der Waals surface area contributed by atoms with Crippen LogP contribution in [-0.2, 0) is 27.9 Å². The van der Waals surface area contributed by atoms with Crippen LogP contribution in [0, 0.1) is 13.8 Å². The van der Waals surface area contributed by atoms with E-state index in [-0.39, 0.29) is 0 Å². The molecule has 0 saturated carbocycles. The molecule has 6 nitrogen and oxygen atoms in total. The Kier molecular flexibility index (Phi) is 8.94. The van der Waals surface area contributed by atoms with Crippen molar-refractivity contribution in [3.8, 4) is 0 Å². The van der Waals surface area contributed by atoms with Gasteiger partial charge in [0, 0.05) is 0 Å². The smallest absolute Gasteiger partial charge is 0.399 e. The summed E-state index contributed by atoms with van der Waals surface area (Å²) >= 11 is 0. The molecule has 3 aromatic carbocycles. The molecule has 3 aliphatic heterocycles. The fourth-order valence-corrected chi connectivity index (χ4v) is 7.21. The summed E-state index contributed by atoms with van der Waals surface area (Å²) in [5.74, 6) is 0. The first-order chi connectivity index (χ1) is 22.0. The minimum absolute atomic E-state index is 0.417. The maximum Gasteiger partial charge on any atom is 0.494 e. The second-order valence-electron chi connectivity index (χ2n) is 15.9. The van der Waals surface area contributed by atoms with Crippen LogP contribution in [0.25, 0.3) is 0 Å². The van der Waals surface area contributed by atoms with Crippen molar-refractivity contribution < 1.29 is 27.9 Å². The number of aryl methyl sites for hydroxylation is 2. The van der Waals surface area contributed by atoms with Gasteiger partial charge in [0.2, 0.25) is 0 Å². The fraction of sp³-hybridized carbons (Fsp3) is 0.526. The quantitative estimate of drug-likeness (QED) is 0.266. The predicted octanol–water partition coefficient (Wildman–Crippen LogP) is 6.08. The molecule has 3 aliphatic rings. The standard InChI is InChI=1S/C38H51B3O6/c1-28-19-21-31(22-20-28)40-46-37(9,25-23-35(7)33(3,4)42-39(44-35)30-16-12-11-13-17-30)38(10,47-40)26-24-36(8)34(5,6)43-41(45-36)32-18-14-15-29(2)27-32/h11-22,27H,23-26H2,1-10H3. The first kappa shape index (κ1) is 34.5. The molecule has 0 bridgehead atoms. The highest BCUT2D eigenvalue weighted by atomic mass is 16.7. The first-order valence-corrected chi connectivity index (χ1v) is 17.2. The Morgan fingerprint density at radius 1 is 0.404 bits per heavy atom. The Hall–Kier alpha value is -2.39. The molecule has 0 amide bonds. The van der Waals surface area contributed by atoms with Crippen molar-refractivity contribution >= 4 is 37.7 Å². The zero-order valence-corrected chi connectivity index (χ0v) is 30.0. The van der Waals surface area contributed by atoms with E-state index >= 15 is 0 Å².